The van der Waals surface area contributed by atoms with Gasteiger partial charge in [0.1, 0.15) is 6.61 Å². The fourth-order valence-corrected chi connectivity index (χ4v) is 4.88. The Morgan fingerprint density at radius 1 is 0.862 bits per heavy atom. The third-order valence-electron chi connectivity index (χ3n) is 5.26. The molecule has 0 radical (unpaired) electrons. The van der Waals surface area contributed by atoms with Crippen LogP contribution in [0.5, 0.6) is 28.7 Å². The molecule has 0 saturated carbocycles. The van der Waals surface area contributed by atoms with Crippen LogP contribution in [0.1, 0.15) is 27.8 Å². The van der Waals surface area contributed by atoms with E-state index in [4.69, 9.17) is 18.3 Å². The zero-order valence-electron chi connectivity index (χ0n) is 16.0. The van der Waals surface area contributed by atoms with Crippen molar-refractivity contribution in [1.29, 1.82) is 0 Å². The lowest BCUT2D eigenvalue weighted by atomic mass is 9.98. The van der Waals surface area contributed by atoms with Crippen LogP contribution in [0.25, 0.3) is 0 Å². The summed E-state index contributed by atoms with van der Waals surface area (Å²) in [4.78, 5) is 0. The lowest BCUT2D eigenvalue weighted by Crippen LogP contribution is -2.09. The summed E-state index contributed by atoms with van der Waals surface area (Å²) in [5, 5.41) is 10.8. The summed E-state index contributed by atoms with van der Waals surface area (Å²) < 4.78 is 35.0. The van der Waals surface area contributed by atoms with Gasteiger partial charge in [0.15, 0.2) is 11.5 Å². The van der Waals surface area contributed by atoms with Crippen LogP contribution in [0.2, 0.25) is 0 Å². The van der Waals surface area contributed by atoms with Crippen LogP contribution in [0.3, 0.4) is 0 Å². The van der Waals surface area contributed by atoms with Crippen molar-refractivity contribution in [3.63, 3.8) is 0 Å². The number of fused-ring (bicyclic) bond motifs is 2. The van der Waals surface area contributed by atoms with Crippen molar-refractivity contribution in [3.05, 3.63) is 76.3 Å². The first-order valence-corrected chi connectivity index (χ1v) is 10.7. The summed E-state index contributed by atoms with van der Waals surface area (Å²) >= 11 is 0. The van der Waals surface area contributed by atoms with Gasteiger partial charge in [0, 0.05) is 12.0 Å². The molecule has 0 saturated heterocycles. The van der Waals surface area contributed by atoms with Crippen molar-refractivity contribution >= 4 is 7.82 Å². The van der Waals surface area contributed by atoms with Gasteiger partial charge in [0.2, 0.25) is 17.2 Å². The second kappa shape index (κ2) is 6.46. The van der Waals surface area contributed by atoms with Crippen LogP contribution in [-0.2, 0) is 17.6 Å². The fourth-order valence-electron chi connectivity index (χ4n) is 3.57. The van der Waals surface area contributed by atoms with E-state index in [1.165, 1.54) is 0 Å². The highest BCUT2D eigenvalue weighted by molar-refractivity contribution is 7.50. The Bertz CT molecular complexity index is 1190. The minimum Gasteiger partial charge on any atom is -0.504 e. The summed E-state index contributed by atoms with van der Waals surface area (Å²) in [5.74, 6) is 0.530. The average molecular weight is 410 g/mol. The molecule has 3 bridgehead atoms. The molecule has 3 aromatic rings. The average Bonchev–Trinajstić information content (AvgIpc) is 2.94. The summed E-state index contributed by atoms with van der Waals surface area (Å²) in [6.07, 6.45) is 0.380. The van der Waals surface area contributed by atoms with E-state index in [-0.39, 0.29) is 29.6 Å². The van der Waals surface area contributed by atoms with Crippen LogP contribution in [0.4, 0.5) is 0 Å². The van der Waals surface area contributed by atoms with Gasteiger partial charge in [0.25, 0.3) is 0 Å². The first kappa shape index (κ1) is 18.0. The van der Waals surface area contributed by atoms with Gasteiger partial charge in [-0.1, -0.05) is 48.5 Å². The Labute approximate surface area is 168 Å². The van der Waals surface area contributed by atoms with Crippen LogP contribution in [-0.4, -0.2) is 5.11 Å². The van der Waals surface area contributed by atoms with Gasteiger partial charge in [-0.2, -0.15) is 4.57 Å². The molecule has 1 N–H and O–H groups in total. The second-order valence-electron chi connectivity index (χ2n) is 7.18. The highest BCUT2D eigenvalue weighted by atomic mass is 31.2. The summed E-state index contributed by atoms with van der Waals surface area (Å²) in [6, 6.07) is 15.7. The number of ether oxygens (including phenoxy) is 1. The van der Waals surface area contributed by atoms with E-state index in [1.807, 2.05) is 62.4 Å². The maximum Gasteiger partial charge on any atom is 0.647 e. The second-order valence-corrected chi connectivity index (χ2v) is 8.63. The molecule has 2 heterocycles. The number of rotatable bonds is 5. The van der Waals surface area contributed by atoms with Gasteiger partial charge in [-0.25, -0.2) is 0 Å². The number of aromatic hydroxyl groups is 1. The van der Waals surface area contributed by atoms with Crippen molar-refractivity contribution in [1.82, 2.24) is 0 Å². The molecular weight excluding hydrogens is 391 g/mol. The van der Waals surface area contributed by atoms with E-state index in [1.54, 1.807) is 0 Å². The van der Waals surface area contributed by atoms with Crippen molar-refractivity contribution in [2.75, 3.05) is 0 Å². The topological polar surface area (TPSA) is 74.2 Å². The molecule has 0 amide bonds. The van der Waals surface area contributed by atoms with Crippen molar-refractivity contribution < 1.29 is 28.0 Å². The van der Waals surface area contributed by atoms with Gasteiger partial charge in [-0.3, -0.25) is 0 Å². The normalized spacial score (nSPS) is 18.1. The lowest BCUT2D eigenvalue weighted by molar-refractivity contribution is 0.259. The van der Waals surface area contributed by atoms with Crippen LogP contribution in [0.15, 0.2) is 48.5 Å². The monoisotopic (exact) mass is 410 g/mol. The molecule has 2 aliphatic rings. The van der Waals surface area contributed by atoms with Gasteiger partial charge >= 0.3 is 7.82 Å². The van der Waals surface area contributed by atoms with Crippen LogP contribution in [0, 0.1) is 13.8 Å². The minimum absolute atomic E-state index is 0.0120. The fraction of sp³-hybridized carbons (Fsp3) is 0.182. The number of aryl methyl sites for hydroxylation is 2. The van der Waals surface area contributed by atoms with E-state index in [2.05, 4.69) is 0 Å². The quantitative estimate of drug-likeness (QED) is 0.564. The molecule has 0 aromatic heterocycles. The zero-order chi connectivity index (χ0) is 20.2. The highest BCUT2D eigenvalue weighted by Crippen LogP contribution is 2.73. The van der Waals surface area contributed by atoms with E-state index in [9.17, 15) is 9.67 Å². The molecule has 0 spiro atoms. The van der Waals surface area contributed by atoms with E-state index >= 15 is 0 Å². The summed E-state index contributed by atoms with van der Waals surface area (Å²) in [5.41, 5.74) is 4.64. The van der Waals surface area contributed by atoms with Crippen LogP contribution < -0.4 is 18.3 Å². The van der Waals surface area contributed by atoms with Gasteiger partial charge in [-0.05, 0) is 36.1 Å². The molecule has 3 aromatic carbocycles. The molecule has 148 valence electrons. The predicted molar refractivity (Wildman–Crippen MR) is 107 cm³/mol. The van der Waals surface area contributed by atoms with E-state index in [0.717, 1.165) is 22.3 Å². The molecular formula is C22H19O6P. The molecule has 1 atom stereocenters. The summed E-state index contributed by atoms with van der Waals surface area (Å²) in [6.45, 7) is 4.27. The SMILES string of the molecule is Cc1ccccc1COc1c2c(Cc3ccccc3C)c(O)c3c1OP(=O)(O3)O2. The Kier molecular flexibility index (Phi) is 4.00. The molecule has 0 fully saturated rings. The Hall–Kier alpha value is -3.11. The largest absolute Gasteiger partial charge is 0.647 e. The van der Waals surface area contributed by atoms with Gasteiger partial charge in [0.05, 0.1) is 0 Å². The number of hydrogen-bond acceptors (Lipinski definition) is 6. The Morgan fingerprint density at radius 3 is 2.14 bits per heavy atom. The zero-order valence-corrected chi connectivity index (χ0v) is 16.9. The number of phenols is 1. The third-order valence-corrected chi connectivity index (χ3v) is 6.48. The molecule has 5 rings (SSSR count). The van der Waals surface area contributed by atoms with Gasteiger partial charge < -0.3 is 23.4 Å². The number of benzene rings is 3. The molecule has 2 aliphatic heterocycles. The van der Waals surface area contributed by atoms with Crippen LogP contribution >= 0.6 is 7.82 Å². The Morgan fingerprint density at radius 2 is 1.45 bits per heavy atom. The molecule has 1 unspecified atom stereocenters. The van der Waals surface area contributed by atoms with E-state index < -0.39 is 7.82 Å². The first-order chi connectivity index (χ1) is 14.0. The number of phenolic OH excluding ortho intramolecular Hbond substituents is 1. The molecule has 29 heavy (non-hydrogen) atoms. The predicted octanol–water partition coefficient (Wildman–Crippen LogP) is 5.45. The number of phosphoric acid groups is 1. The van der Waals surface area contributed by atoms with Crippen molar-refractivity contribution in [2.45, 2.75) is 26.9 Å². The summed E-state index contributed by atoms with van der Waals surface area (Å²) in [7, 11) is -3.82. The lowest BCUT2D eigenvalue weighted by Gasteiger charge is -2.22. The van der Waals surface area contributed by atoms with Crippen molar-refractivity contribution in [2.24, 2.45) is 0 Å². The third kappa shape index (κ3) is 2.91. The first-order valence-electron chi connectivity index (χ1n) is 9.27. The van der Waals surface area contributed by atoms with Gasteiger partial charge in [-0.15, -0.1) is 0 Å². The highest BCUT2D eigenvalue weighted by Gasteiger charge is 2.52. The van der Waals surface area contributed by atoms with Crippen molar-refractivity contribution in [3.8, 4) is 28.7 Å². The standard InChI is InChI=1S/C22H19O6P/c1-13-7-3-5-9-15(13)11-17-18(23)20-22-21(19(17)26-29(24,27-20)28-22)25-12-16-10-6-4-8-14(16)2/h3-10,23H,11-12H2,1-2H3. The number of hydrogen-bond donors (Lipinski definition) is 1. The maximum absolute atomic E-state index is 12.7. The smallest absolute Gasteiger partial charge is 0.504 e. The minimum atomic E-state index is -3.82. The molecule has 6 nitrogen and oxygen atoms in total. The number of phosphoric ester groups is 1. The molecule has 0 aliphatic carbocycles. The molecule has 7 heteroatoms. The maximum atomic E-state index is 12.7. The van der Waals surface area contributed by atoms with E-state index in [0.29, 0.717) is 17.7 Å². The Balaban J connectivity index is 1.58.